The zero-order chi connectivity index (χ0) is 8.27. The maximum Gasteiger partial charge on any atom is 0.0642 e. The van der Waals surface area contributed by atoms with Gasteiger partial charge in [-0.3, -0.25) is 0 Å². The van der Waals surface area contributed by atoms with Gasteiger partial charge in [-0.25, -0.2) is 0 Å². The molecule has 1 heterocycles. The van der Waals surface area contributed by atoms with E-state index in [4.69, 9.17) is 11.0 Å². The van der Waals surface area contributed by atoms with Crippen molar-refractivity contribution in [1.82, 2.24) is 0 Å². The fraction of sp³-hybridized carbons (Fsp3) is 0.375. The third-order valence-corrected chi connectivity index (χ3v) is 2.70. The van der Waals surface area contributed by atoms with Gasteiger partial charge in [0.1, 0.15) is 0 Å². The summed E-state index contributed by atoms with van der Waals surface area (Å²) in [6.07, 6.45) is 0.404. The van der Waals surface area contributed by atoms with Gasteiger partial charge < -0.3 is 5.73 Å². The predicted molar refractivity (Wildman–Crippen MR) is 46.2 cm³/mol. The fourth-order valence-electron chi connectivity index (χ4n) is 0.955. The monoisotopic (exact) mass is 166 g/mol. The van der Waals surface area contributed by atoms with Crippen LogP contribution in [-0.4, -0.2) is 0 Å². The number of rotatable bonds is 2. The molecule has 1 rings (SSSR count). The molecule has 0 saturated carbocycles. The summed E-state index contributed by atoms with van der Waals surface area (Å²) in [6.45, 7) is 2.02. The Balaban J connectivity index is 2.77. The normalized spacial score (nSPS) is 12.5. The van der Waals surface area contributed by atoms with Gasteiger partial charge in [-0.1, -0.05) is 0 Å². The lowest BCUT2D eigenvalue weighted by Crippen LogP contribution is -2.08. The molecule has 0 aliphatic carbocycles. The third-order valence-electron chi connectivity index (χ3n) is 1.55. The van der Waals surface area contributed by atoms with E-state index in [2.05, 4.69) is 6.07 Å². The van der Waals surface area contributed by atoms with Crippen molar-refractivity contribution >= 4 is 11.3 Å². The Morgan fingerprint density at radius 3 is 3.00 bits per heavy atom. The highest BCUT2D eigenvalue weighted by atomic mass is 32.1. The van der Waals surface area contributed by atoms with Crippen molar-refractivity contribution in [3.05, 3.63) is 21.9 Å². The van der Waals surface area contributed by atoms with Crippen LogP contribution >= 0.6 is 11.3 Å². The van der Waals surface area contributed by atoms with E-state index in [1.165, 1.54) is 5.56 Å². The Morgan fingerprint density at radius 2 is 2.55 bits per heavy atom. The maximum atomic E-state index is 8.40. The third kappa shape index (κ3) is 1.79. The van der Waals surface area contributed by atoms with Crippen molar-refractivity contribution in [2.75, 3.05) is 0 Å². The Hall–Kier alpha value is -0.850. The average molecular weight is 166 g/mol. The zero-order valence-electron chi connectivity index (χ0n) is 6.37. The minimum absolute atomic E-state index is 0.0972. The zero-order valence-corrected chi connectivity index (χ0v) is 7.19. The summed E-state index contributed by atoms with van der Waals surface area (Å²) in [7, 11) is 0. The molecule has 58 valence electrons. The van der Waals surface area contributed by atoms with Crippen LogP contribution in [0.1, 0.15) is 22.9 Å². The molecule has 0 radical (unpaired) electrons. The van der Waals surface area contributed by atoms with Crippen LogP contribution in [0.25, 0.3) is 0 Å². The van der Waals surface area contributed by atoms with Gasteiger partial charge >= 0.3 is 0 Å². The molecule has 0 bridgehead atoms. The quantitative estimate of drug-likeness (QED) is 0.730. The van der Waals surface area contributed by atoms with Crippen LogP contribution in [0.15, 0.2) is 11.4 Å². The Labute approximate surface area is 70.3 Å². The first-order valence-corrected chi connectivity index (χ1v) is 4.30. The van der Waals surface area contributed by atoms with Crippen molar-refractivity contribution in [1.29, 1.82) is 5.26 Å². The number of hydrogen-bond acceptors (Lipinski definition) is 3. The van der Waals surface area contributed by atoms with E-state index in [-0.39, 0.29) is 6.04 Å². The van der Waals surface area contributed by atoms with Crippen molar-refractivity contribution in [3.63, 3.8) is 0 Å². The number of nitrogens with two attached hydrogens (primary N) is 1. The molecule has 1 unspecified atom stereocenters. The SMILES string of the molecule is Cc1ccsc1C(N)CC#N. The number of hydrogen-bond donors (Lipinski definition) is 1. The topological polar surface area (TPSA) is 49.8 Å². The highest BCUT2D eigenvalue weighted by Gasteiger charge is 2.08. The molecule has 1 atom stereocenters. The summed E-state index contributed by atoms with van der Waals surface area (Å²) in [4.78, 5) is 1.13. The van der Waals surface area contributed by atoms with Gasteiger partial charge in [-0.15, -0.1) is 11.3 Å². The number of nitrogens with zero attached hydrogens (tertiary/aromatic N) is 1. The number of nitriles is 1. The van der Waals surface area contributed by atoms with E-state index in [0.717, 1.165) is 4.88 Å². The highest BCUT2D eigenvalue weighted by Crippen LogP contribution is 2.23. The molecule has 0 aromatic carbocycles. The second kappa shape index (κ2) is 3.51. The summed E-state index contributed by atoms with van der Waals surface area (Å²) in [6, 6.07) is 3.99. The fourth-order valence-corrected chi connectivity index (χ4v) is 1.89. The van der Waals surface area contributed by atoms with Gasteiger partial charge in [-0.05, 0) is 23.9 Å². The van der Waals surface area contributed by atoms with E-state index in [0.29, 0.717) is 6.42 Å². The molecule has 2 nitrogen and oxygen atoms in total. The van der Waals surface area contributed by atoms with Crippen LogP contribution in [0.5, 0.6) is 0 Å². The Bertz CT molecular complexity index is 272. The lowest BCUT2D eigenvalue weighted by molar-refractivity contribution is 0.759. The van der Waals surface area contributed by atoms with Crippen LogP contribution in [-0.2, 0) is 0 Å². The van der Waals surface area contributed by atoms with E-state index >= 15 is 0 Å². The number of aryl methyl sites for hydroxylation is 1. The average Bonchev–Trinajstić information content (AvgIpc) is 2.36. The van der Waals surface area contributed by atoms with Crippen molar-refractivity contribution < 1.29 is 0 Å². The van der Waals surface area contributed by atoms with Gasteiger partial charge in [0.15, 0.2) is 0 Å². The molecule has 0 fully saturated rings. The molecule has 0 aliphatic rings. The summed E-state index contributed by atoms with van der Waals surface area (Å²) in [5, 5.41) is 10.4. The predicted octanol–water partition coefficient (Wildman–Crippen LogP) is 1.97. The molecule has 1 aromatic heterocycles. The molecule has 0 saturated heterocycles. The summed E-state index contributed by atoms with van der Waals surface area (Å²) in [5.74, 6) is 0. The molecule has 0 amide bonds. The van der Waals surface area contributed by atoms with Gasteiger partial charge in [0.2, 0.25) is 0 Å². The largest absolute Gasteiger partial charge is 0.322 e. The van der Waals surface area contributed by atoms with Crippen molar-refractivity contribution in [2.24, 2.45) is 5.73 Å². The minimum Gasteiger partial charge on any atom is -0.322 e. The van der Waals surface area contributed by atoms with Crippen molar-refractivity contribution in [2.45, 2.75) is 19.4 Å². The number of thiophene rings is 1. The second-order valence-corrected chi connectivity index (χ2v) is 3.38. The van der Waals surface area contributed by atoms with Gasteiger partial charge in [0, 0.05) is 4.88 Å². The first-order chi connectivity index (χ1) is 5.25. The van der Waals surface area contributed by atoms with Crippen molar-refractivity contribution in [3.8, 4) is 6.07 Å². The van der Waals surface area contributed by atoms with Gasteiger partial charge in [-0.2, -0.15) is 5.26 Å². The summed E-state index contributed by atoms with van der Waals surface area (Å²) < 4.78 is 0. The molecular formula is C8H10N2S. The van der Waals surface area contributed by atoms with Gasteiger partial charge in [0.05, 0.1) is 18.5 Å². The van der Waals surface area contributed by atoms with E-state index in [9.17, 15) is 0 Å². The standard InChI is InChI=1S/C8H10N2S/c1-6-3-5-11-8(6)7(10)2-4-9/h3,5,7H,2,10H2,1H3. The van der Waals surface area contributed by atoms with Crippen LogP contribution in [0.4, 0.5) is 0 Å². The molecule has 1 aromatic rings. The molecule has 11 heavy (non-hydrogen) atoms. The smallest absolute Gasteiger partial charge is 0.0642 e. The van der Waals surface area contributed by atoms with Crippen LogP contribution in [0, 0.1) is 18.3 Å². The Morgan fingerprint density at radius 1 is 1.82 bits per heavy atom. The van der Waals surface area contributed by atoms with E-state index in [1.807, 2.05) is 18.4 Å². The minimum atomic E-state index is -0.0972. The first-order valence-electron chi connectivity index (χ1n) is 3.42. The summed E-state index contributed by atoms with van der Waals surface area (Å²) >= 11 is 1.62. The maximum absolute atomic E-state index is 8.40. The molecule has 0 spiro atoms. The van der Waals surface area contributed by atoms with Crippen LogP contribution in [0.3, 0.4) is 0 Å². The van der Waals surface area contributed by atoms with Crippen LogP contribution < -0.4 is 5.73 Å². The lowest BCUT2D eigenvalue weighted by Gasteiger charge is -2.04. The Kier molecular flexibility index (Phi) is 2.64. The molecular weight excluding hydrogens is 156 g/mol. The molecule has 0 aliphatic heterocycles. The molecule has 2 N–H and O–H groups in total. The highest BCUT2D eigenvalue weighted by molar-refractivity contribution is 7.10. The van der Waals surface area contributed by atoms with Gasteiger partial charge in [0.25, 0.3) is 0 Å². The van der Waals surface area contributed by atoms with E-state index in [1.54, 1.807) is 11.3 Å². The second-order valence-electron chi connectivity index (χ2n) is 2.44. The summed E-state index contributed by atoms with van der Waals surface area (Å²) in [5.41, 5.74) is 6.93. The van der Waals surface area contributed by atoms with Crippen LogP contribution in [0.2, 0.25) is 0 Å². The first kappa shape index (κ1) is 8.25. The van der Waals surface area contributed by atoms with E-state index < -0.39 is 0 Å². The lowest BCUT2D eigenvalue weighted by atomic mass is 10.1. The molecule has 3 heteroatoms.